The lowest BCUT2D eigenvalue weighted by atomic mass is 9.73. The fraction of sp³-hybridized carbons (Fsp3) is 0.706. The van der Waals surface area contributed by atoms with E-state index in [1.807, 2.05) is 5.38 Å². The Labute approximate surface area is 162 Å². The summed E-state index contributed by atoms with van der Waals surface area (Å²) in [5, 5.41) is 22.9. The fourth-order valence-electron chi connectivity index (χ4n) is 4.05. The number of hydrogen-bond donors (Lipinski definition) is 2. The van der Waals surface area contributed by atoms with Crippen LogP contribution >= 0.6 is 34.5 Å². The normalized spacial score (nSPS) is 22.8. The number of thiophene rings is 1. The lowest BCUT2D eigenvalue weighted by Gasteiger charge is -2.43. The maximum absolute atomic E-state index is 11.4. The van der Waals surface area contributed by atoms with Crippen molar-refractivity contribution in [1.82, 2.24) is 9.80 Å². The zero-order valence-corrected chi connectivity index (χ0v) is 16.4. The highest BCUT2D eigenvalue weighted by atomic mass is 35.5. The average Bonchev–Trinajstić information content (AvgIpc) is 2.92. The predicted octanol–water partition coefficient (Wildman–Crippen LogP) is 4.13. The van der Waals surface area contributed by atoms with E-state index < -0.39 is 11.7 Å². The second-order valence-corrected chi connectivity index (χ2v) is 8.95. The van der Waals surface area contributed by atoms with Crippen molar-refractivity contribution < 1.29 is 15.0 Å². The molecule has 25 heavy (non-hydrogen) atoms. The van der Waals surface area contributed by atoms with Crippen molar-refractivity contribution in [2.75, 3.05) is 32.7 Å². The van der Waals surface area contributed by atoms with Gasteiger partial charge >= 0.3 is 6.09 Å². The Morgan fingerprint density at radius 1 is 1.20 bits per heavy atom. The van der Waals surface area contributed by atoms with Crippen molar-refractivity contribution in [2.45, 2.75) is 43.6 Å². The summed E-state index contributed by atoms with van der Waals surface area (Å²) < 4.78 is 0.651. The number of nitrogens with zero attached hydrogens (tertiary/aromatic N) is 2. The SMILES string of the molecule is O=C(O)N1CCN(CC(c2c(Cl)csc2Cl)C2(O)CCCCC2)CC1. The number of rotatable bonds is 4. The lowest BCUT2D eigenvalue weighted by molar-refractivity contribution is -0.0337. The first-order chi connectivity index (χ1) is 11.9. The van der Waals surface area contributed by atoms with E-state index in [1.54, 1.807) is 0 Å². The number of piperazine rings is 1. The number of carboxylic acid groups (broad SMARTS) is 1. The van der Waals surface area contributed by atoms with Crippen LogP contribution in [-0.4, -0.2) is 64.4 Å². The van der Waals surface area contributed by atoms with Gasteiger partial charge in [-0.3, -0.25) is 4.90 Å². The van der Waals surface area contributed by atoms with Crippen molar-refractivity contribution in [3.8, 4) is 0 Å². The van der Waals surface area contributed by atoms with Gasteiger partial charge in [0.15, 0.2) is 0 Å². The van der Waals surface area contributed by atoms with E-state index in [2.05, 4.69) is 4.90 Å². The Hall–Kier alpha value is -0.530. The van der Waals surface area contributed by atoms with E-state index in [1.165, 1.54) is 16.2 Å². The largest absolute Gasteiger partial charge is 0.465 e. The Morgan fingerprint density at radius 2 is 1.84 bits per heavy atom. The summed E-state index contributed by atoms with van der Waals surface area (Å²) in [6.45, 7) is 2.97. The van der Waals surface area contributed by atoms with Crippen LogP contribution in [0.15, 0.2) is 5.38 Å². The molecule has 1 aliphatic heterocycles. The molecule has 2 aliphatic rings. The molecule has 0 aromatic carbocycles. The van der Waals surface area contributed by atoms with Gasteiger partial charge < -0.3 is 15.1 Å². The Balaban J connectivity index is 1.79. The maximum atomic E-state index is 11.4. The first-order valence-corrected chi connectivity index (χ1v) is 10.4. The molecular formula is C17H24Cl2N2O3S. The van der Waals surface area contributed by atoms with Crippen LogP contribution in [0.2, 0.25) is 9.36 Å². The fourth-order valence-corrected chi connectivity index (χ4v) is 5.59. The predicted molar refractivity (Wildman–Crippen MR) is 101 cm³/mol. The molecule has 1 unspecified atom stereocenters. The summed E-state index contributed by atoms with van der Waals surface area (Å²) in [7, 11) is 0. The molecule has 2 fully saturated rings. The summed E-state index contributed by atoms with van der Waals surface area (Å²) in [6.07, 6.45) is 3.83. The van der Waals surface area contributed by atoms with Gasteiger partial charge in [-0.2, -0.15) is 0 Å². The minimum absolute atomic E-state index is 0.143. The first-order valence-electron chi connectivity index (χ1n) is 8.76. The summed E-state index contributed by atoms with van der Waals surface area (Å²) in [4.78, 5) is 14.8. The number of hydrogen-bond acceptors (Lipinski definition) is 4. The molecule has 1 saturated heterocycles. The molecule has 1 aromatic heterocycles. The van der Waals surface area contributed by atoms with Gasteiger partial charge in [0, 0.05) is 49.6 Å². The third kappa shape index (κ3) is 4.25. The lowest BCUT2D eigenvalue weighted by Crippen LogP contribution is -2.51. The van der Waals surface area contributed by atoms with E-state index >= 15 is 0 Å². The van der Waals surface area contributed by atoms with Gasteiger partial charge in [0.25, 0.3) is 0 Å². The molecule has 3 rings (SSSR count). The van der Waals surface area contributed by atoms with Crippen LogP contribution in [0.5, 0.6) is 0 Å². The van der Waals surface area contributed by atoms with Gasteiger partial charge in [0.05, 0.1) is 15.0 Å². The van der Waals surface area contributed by atoms with Crippen molar-refractivity contribution >= 4 is 40.6 Å². The van der Waals surface area contributed by atoms with Gasteiger partial charge in [0.1, 0.15) is 0 Å². The quantitative estimate of drug-likeness (QED) is 0.788. The van der Waals surface area contributed by atoms with Gasteiger partial charge in [-0.05, 0) is 12.8 Å². The van der Waals surface area contributed by atoms with Gasteiger partial charge in [-0.1, -0.05) is 42.5 Å². The van der Waals surface area contributed by atoms with Crippen molar-refractivity contribution in [3.63, 3.8) is 0 Å². The van der Waals surface area contributed by atoms with Crippen LogP contribution in [0.3, 0.4) is 0 Å². The Bertz CT molecular complexity index is 592. The third-order valence-electron chi connectivity index (χ3n) is 5.53. The van der Waals surface area contributed by atoms with Crippen LogP contribution < -0.4 is 0 Å². The van der Waals surface area contributed by atoms with E-state index in [4.69, 9.17) is 28.3 Å². The molecule has 1 saturated carbocycles. The molecule has 0 spiro atoms. The maximum Gasteiger partial charge on any atom is 0.407 e. The van der Waals surface area contributed by atoms with Crippen LogP contribution in [0, 0.1) is 0 Å². The topological polar surface area (TPSA) is 64.0 Å². The molecular weight excluding hydrogens is 383 g/mol. The highest BCUT2D eigenvalue weighted by molar-refractivity contribution is 7.15. The second kappa shape index (κ2) is 8.01. The van der Waals surface area contributed by atoms with Crippen LogP contribution in [-0.2, 0) is 0 Å². The number of carbonyl (C=O) groups is 1. The number of halogens is 2. The molecule has 1 amide bonds. The van der Waals surface area contributed by atoms with Crippen molar-refractivity contribution in [1.29, 1.82) is 0 Å². The average molecular weight is 407 g/mol. The molecule has 1 aromatic rings. The number of aliphatic hydroxyl groups is 1. The highest BCUT2D eigenvalue weighted by Gasteiger charge is 2.42. The highest BCUT2D eigenvalue weighted by Crippen LogP contribution is 2.47. The molecule has 0 bridgehead atoms. The minimum Gasteiger partial charge on any atom is -0.465 e. The van der Waals surface area contributed by atoms with Gasteiger partial charge in [0.2, 0.25) is 0 Å². The van der Waals surface area contributed by atoms with Gasteiger partial charge in [-0.25, -0.2) is 4.79 Å². The zero-order valence-electron chi connectivity index (χ0n) is 14.1. The summed E-state index contributed by atoms with van der Waals surface area (Å²) in [5.74, 6) is -0.143. The molecule has 2 heterocycles. The molecule has 2 N–H and O–H groups in total. The Morgan fingerprint density at radius 3 is 2.36 bits per heavy atom. The molecule has 8 heteroatoms. The Kier molecular flexibility index (Phi) is 6.16. The smallest absolute Gasteiger partial charge is 0.407 e. The molecule has 1 aliphatic carbocycles. The van der Waals surface area contributed by atoms with Crippen molar-refractivity contribution in [2.24, 2.45) is 0 Å². The molecule has 1 atom stereocenters. The summed E-state index contributed by atoms with van der Waals surface area (Å²) >= 11 is 14.2. The minimum atomic E-state index is -0.869. The first kappa shape index (κ1) is 19.2. The van der Waals surface area contributed by atoms with E-state index in [9.17, 15) is 9.90 Å². The molecule has 5 nitrogen and oxygen atoms in total. The van der Waals surface area contributed by atoms with E-state index in [-0.39, 0.29) is 5.92 Å². The van der Waals surface area contributed by atoms with Crippen LogP contribution in [0.1, 0.15) is 43.6 Å². The zero-order chi connectivity index (χ0) is 18.0. The van der Waals surface area contributed by atoms with E-state index in [0.29, 0.717) is 42.1 Å². The second-order valence-electron chi connectivity index (χ2n) is 7.06. The van der Waals surface area contributed by atoms with Crippen LogP contribution in [0.25, 0.3) is 0 Å². The number of amides is 1. The monoisotopic (exact) mass is 406 g/mol. The third-order valence-corrected chi connectivity index (χ3v) is 7.23. The van der Waals surface area contributed by atoms with Gasteiger partial charge in [-0.15, -0.1) is 11.3 Å². The van der Waals surface area contributed by atoms with Crippen LogP contribution in [0.4, 0.5) is 4.79 Å². The summed E-state index contributed by atoms with van der Waals surface area (Å²) in [5.41, 5.74) is 0.0645. The van der Waals surface area contributed by atoms with Crippen molar-refractivity contribution in [3.05, 3.63) is 20.3 Å². The standard InChI is InChI=1S/C17H24Cl2N2O3S/c18-13-11-25-15(19)14(13)12(17(24)4-2-1-3-5-17)10-20-6-8-21(9-7-20)16(22)23/h11-12,24H,1-10H2,(H,22,23). The van der Waals surface area contributed by atoms with E-state index in [0.717, 1.165) is 37.7 Å². The molecule has 0 radical (unpaired) electrons. The molecule has 140 valence electrons. The summed E-state index contributed by atoms with van der Waals surface area (Å²) in [6, 6.07) is 0.